The van der Waals surface area contributed by atoms with Crippen LogP contribution in [0.25, 0.3) is 5.70 Å². The van der Waals surface area contributed by atoms with E-state index in [0.717, 1.165) is 23.1 Å². The van der Waals surface area contributed by atoms with Crippen molar-refractivity contribution in [1.29, 1.82) is 0 Å². The number of ether oxygens (including phenoxy) is 1. The lowest BCUT2D eigenvalue weighted by atomic mass is 10.0. The van der Waals surface area contributed by atoms with Crippen molar-refractivity contribution in [3.05, 3.63) is 70.9 Å². The quantitative estimate of drug-likeness (QED) is 0.574. The number of carbonyl (C=O) groups excluding carboxylic acids is 1. The third-order valence-electron chi connectivity index (χ3n) is 5.98. The number of hydrogen-bond acceptors (Lipinski definition) is 6. The second-order valence-electron chi connectivity index (χ2n) is 8.61. The Balaban J connectivity index is 1.64. The molecule has 2 aromatic carbocycles. The van der Waals surface area contributed by atoms with E-state index in [2.05, 4.69) is 10.3 Å². The van der Waals surface area contributed by atoms with E-state index in [0.29, 0.717) is 43.1 Å². The molecule has 0 aromatic heterocycles. The number of amidine groups is 1. The summed E-state index contributed by atoms with van der Waals surface area (Å²) in [6, 6.07) is 8.86. The van der Waals surface area contributed by atoms with Gasteiger partial charge in [0, 0.05) is 36.1 Å². The number of nitrogens with zero attached hydrogens (tertiary/aromatic N) is 3. The van der Waals surface area contributed by atoms with Gasteiger partial charge in [-0.2, -0.15) is 13.2 Å². The Bertz CT molecular complexity index is 1210. The van der Waals surface area contributed by atoms with Crippen molar-refractivity contribution in [3.8, 4) is 0 Å². The summed E-state index contributed by atoms with van der Waals surface area (Å²) in [5, 5.41) is 13.3. The van der Waals surface area contributed by atoms with Gasteiger partial charge in [-0.1, -0.05) is 12.1 Å². The van der Waals surface area contributed by atoms with Crippen molar-refractivity contribution in [2.24, 2.45) is 4.99 Å². The van der Waals surface area contributed by atoms with Crippen LogP contribution in [0.1, 0.15) is 27.0 Å². The molecule has 1 atom stereocenters. The number of aryl methyl sites for hydroxylation is 1. The fraction of sp³-hybridized carbons (Fsp3) is 0.360. The van der Waals surface area contributed by atoms with Gasteiger partial charge in [-0.05, 0) is 42.8 Å². The number of rotatable bonds is 5. The number of benzene rings is 2. The topological polar surface area (TPSA) is 77.4 Å². The lowest BCUT2D eigenvalue weighted by Gasteiger charge is -2.38. The maximum atomic E-state index is 13.3. The molecule has 1 saturated heterocycles. The van der Waals surface area contributed by atoms with Gasteiger partial charge in [0.05, 0.1) is 31.0 Å². The fourth-order valence-corrected chi connectivity index (χ4v) is 4.07. The summed E-state index contributed by atoms with van der Waals surface area (Å²) in [6.07, 6.45) is -7.34. The zero-order valence-corrected chi connectivity index (χ0v) is 19.8. The van der Waals surface area contributed by atoms with Gasteiger partial charge in [-0.15, -0.1) is 0 Å². The van der Waals surface area contributed by atoms with Crippen molar-refractivity contribution in [2.45, 2.75) is 25.8 Å². The molecule has 2 aliphatic heterocycles. The third kappa shape index (κ3) is 6.25. The van der Waals surface area contributed by atoms with Gasteiger partial charge < -0.3 is 25.0 Å². The number of morpholine rings is 1. The molecule has 198 valence electrons. The number of anilines is 1. The van der Waals surface area contributed by atoms with Gasteiger partial charge in [-0.3, -0.25) is 4.79 Å². The molecule has 12 heteroatoms. The van der Waals surface area contributed by atoms with E-state index in [1.807, 2.05) is 0 Å². The molecule has 2 aliphatic rings. The molecule has 2 N–H and O–H groups in total. The fourth-order valence-electron chi connectivity index (χ4n) is 4.07. The molecule has 2 aromatic rings. The van der Waals surface area contributed by atoms with Crippen LogP contribution in [0.15, 0.2) is 53.7 Å². The van der Waals surface area contributed by atoms with E-state index in [4.69, 9.17) is 4.74 Å². The number of aliphatic imine (C=N–C) groups is 1. The van der Waals surface area contributed by atoms with Gasteiger partial charge in [0.15, 0.2) is 12.1 Å². The number of aliphatic hydroxyl groups excluding tert-OH is 1. The molecule has 1 fully saturated rings. The Morgan fingerprint density at radius 3 is 2.59 bits per heavy atom. The molecular weight excluding hydrogens is 499 g/mol. The Labute approximate surface area is 209 Å². The van der Waals surface area contributed by atoms with Crippen molar-refractivity contribution in [3.63, 3.8) is 0 Å². The highest BCUT2D eigenvalue weighted by Crippen LogP contribution is 2.31. The van der Waals surface area contributed by atoms with E-state index < -0.39 is 36.8 Å². The first-order valence-corrected chi connectivity index (χ1v) is 11.5. The molecule has 37 heavy (non-hydrogen) atoms. The van der Waals surface area contributed by atoms with Crippen molar-refractivity contribution in [2.75, 3.05) is 38.2 Å². The average Bonchev–Trinajstić information content (AvgIpc) is 2.86. The van der Waals surface area contributed by atoms with Gasteiger partial charge >= 0.3 is 6.18 Å². The second kappa shape index (κ2) is 10.9. The minimum Gasteiger partial charge on any atom is -0.378 e. The summed E-state index contributed by atoms with van der Waals surface area (Å²) < 4.78 is 71.0. The highest BCUT2D eigenvalue weighted by Gasteiger charge is 2.32. The second-order valence-corrected chi connectivity index (χ2v) is 8.61. The minimum absolute atomic E-state index is 0.173. The van der Waals surface area contributed by atoms with Crippen LogP contribution in [-0.2, 0) is 10.9 Å². The summed E-state index contributed by atoms with van der Waals surface area (Å²) >= 11 is 0. The molecule has 0 bridgehead atoms. The van der Waals surface area contributed by atoms with E-state index in [9.17, 15) is 31.9 Å². The highest BCUT2D eigenvalue weighted by molar-refractivity contribution is 6.04. The third-order valence-corrected chi connectivity index (χ3v) is 5.98. The number of hydrogen-bond donors (Lipinski definition) is 2. The molecule has 1 amide bonds. The molecule has 2 heterocycles. The number of carbonyl (C=O) groups is 1. The molecule has 1 unspecified atom stereocenters. The zero-order valence-electron chi connectivity index (χ0n) is 19.8. The monoisotopic (exact) mass is 524 g/mol. The predicted octanol–water partition coefficient (Wildman–Crippen LogP) is 4.19. The molecule has 0 radical (unpaired) electrons. The Morgan fingerprint density at radius 1 is 1.19 bits per heavy atom. The maximum absolute atomic E-state index is 13.3. The summed E-state index contributed by atoms with van der Waals surface area (Å²) in [7, 11) is 0. The van der Waals surface area contributed by atoms with E-state index >= 15 is 0 Å². The summed E-state index contributed by atoms with van der Waals surface area (Å²) in [4.78, 5) is 20.1. The maximum Gasteiger partial charge on any atom is 0.416 e. The molecular formula is C25H25F5N4O3. The number of halogens is 5. The van der Waals surface area contributed by atoms with Crippen LogP contribution in [0.5, 0.6) is 0 Å². The van der Waals surface area contributed by atoms with Crippen molar-refractivity contribution in [1.82, 2.24) is 9.80 Å². The number of alkyl halides is 5. The normalized spacial score (nSPS) is 18.5. The Morgan fingerprint density at radius 2 is 1.92 bits per heavy atom. The number of nitrogens with one attached hydrogen (secondary N) is 1. The van der Waals surface area contributed by atoms with Gasteiger partial charge in [0.1, 0.15) is 0 Å². The first-order valence-electron chi connectivity index (χ1n) is 11.5. The summed E-state index contributed by atoms with van der Waals surface area (Å²) in [6.45, 7) is 2.70. The van der Waals surface area contributed by atoms with Crippen LogP contribution >= 0.6 is 0 Å². The number of aliphatic hydroxyl groups is 1. The largest absolute Gasteiger partial charge is 0.416 e. The van der Waals surface area contributed by atoms with Gasteiger partial charge in [0.2, 0.25) is 0 Å². The molecule has 7 nitrogen and oxygen atoms in total. The van der Waals surface area contributed by atoms with Crippen molar-refractivity contribution >= 4 is 23.1 Å². The van der Waals surface area contributed by atoms with Crippen LogP contribution in [0, 0.1) is 6.92 Å². The van der Waals surface area contributed by atoms with Crippen LogP contribution in [0.2, 0.25) is 0 Å². The zero-order chi connectivity index (χ0) is 26.7. The molecule has 0 spiro atoms. The summed E-state index contributed by atoms with van der Waals surface area (Å²) in [5.41, 5.74) is 0.659. The first-order chi connectivity index (χ1) is 17.5. The van der Waals surface area contributed by atoms with E-state index in [1.165, 1.54) is 12.3 Å². The van der Waals surface area contributed by atoms with Gasteiger partial charge in [0.25, 0.3) is 12.3 Å². The molecule has 0 saturated carbocycles. The molecule has 0 aliphatic carbocycles. The van der Waals surface area contributed by atoms with Crippen LogP contribution in [-0.4, -0.2) is 72.2 Å². The minimum atomic E-state index is -4.59. The SMILES string of the molecule is Cc1ccc(NC(=O)c2cccc(C(F)(F)F)c2)cc1C1=CN(CC(F)F)C(O)C(N2CCOCC2)=N1. The summed E-state index contributed by atoms with van der Waals surface area (Å²) in [5.74, 6) is -0.537. The van der Waals surface area contributed by atoms with Crippen LogP contribution in [0.4, 0.5) is 27.6 Å². The van der Waals surface area contributed by atoms with E-state index in [-0.39, 0.29) is 17.1 Å². The first kappa shape index (κ1) is 26.6. The van der Waals surface area contributed by atoms with Crippen LogP contribution < -0.4 is 5.32 Å². The lowest BCUT2D eigenvalue weighted by Crippen LogP contribution is -2.52. The molecule has 4 rings (SSSR count). The Kier molecular flexibility index (Phi) is 7.79. The Hall–Kier alpha value is -3.51. The van der Waals surface area contributed by atoms with Gasteiger partial charge in [-0.25, -0.2) is 13.8 Å². The smallest absolute Gasteiger partial charge is 0.378 e. The van der Waals surface area contributed by atoms with E-state index in [1.54, 1.807) is 30.0 Å². The number of amides is 1. The lowest BCUT2D eigenvalue weighted by molar-refractivity contribution is -0.137. The van der Waals surface area contributed by atoms with Crippen molar-refractivity contribution < 1.29 is 36.6 Å². The average molecular weight is 524 g/mol. The van der Waals surface area contributed by atoms with Crippen LogP contribution in [0.3, 0.4) is 0 Å². The highest BCUT2D eigenvalue weighted by atomic mass is 19.4. The standard InChI is InChI=1S/C25H25F5N4O3/c1-15-5-6-18(31-23(35)16-3-2-4-17(11-16)25(28,29)30)12-19(15)20-13-34(14-21(26)27)24(36)22(32-20)33-7-9-37-10-8-33/h2-6,11-13,21,24,36H,7-10,14H2,1H3,(H,31,35). The predicted molar refractivity (Wildman–Crippen MR) is 127 cm³/mol.